The molecular formula is C9H18N6O. The van der Waals surface area contributed by atoms with Crippen LogP contribution in [0, 0.1) is 5.92 Å². The summed E-state index contributed by atoms with van der Waals surface area (Å²) >= 11 is 0. The molecule has 1 aromatic rings. The van der Waals surface area contributed by atoms with Gasteiger partial charge in [-0.05, 0) is 5.92 Å². The van der Waals surface area contributed by atoms with Crippen molar-refractivity contribution in [2.45, 2.75) is 19.9 Å². The standard InChI is InChI=1S/C9H18N6O/c1-5(2)6(4-16)12-7-3-8(15-11)14-9(10)13-7/h3,5-6,16H,4,11H2,1-2H3,(H4,10,12,13,14,15). The molecule has 1 rings (SSSR count). The second kappa shape index (κ2) is 5.47. The summed E-state index contributed by atoms with van der Waals surface area (Å²) in [5.74, 6) is 6.60. The van der Waals surface area contributed by atoms with Gasteiger partial charge < -0.3 is 21.6 Å². The fourth-order valence-corrected chi connectivity index (χ4v) is 1.23. The van der Waals surface area contributed by atoms with Crippen LogP contribution in [0.5, 0.6) is 0 Å². The maximum Gasteiger partial charge on any atom is 0.223 e. The first kappa shape index (κ1) is 12.5. The number of nitrogens with zero attached hydrogens (tertiary/aromatic N) is 2. The number of hydrogen-bond donors (Lipinski definition) is 5. The lowest BCUT2D eigenvalue weighted by Gasteiger charge is -2.20. The van der Waals surface area contributed by atoms with Crippen molar-refractivity contribution in [2.75, 3.05) is 23.1 Å². The number of aromatic nitrogens is 2. The van der Waals surface area contributed by atoms with E-state index in [4.69, 9.17) is 11.6 Å². The fourth-order valence-electron chi connectivity index (χ4n) is 1.23. The van der Waals surface area contributed by atoms with E-state index < -0.39 is 0 Å². The van der Waals surface area contributed by atoms with Crippen molar-refractivity contribution in [2.24, 2.45) is 11.8 Å². The van der Waals surface area contributed by atoms with Crippen molar-refractivity contribution in [1.29, 1.82) is 0 Å². The minimum absolute atomic E-state index is 0.0208. The van der Waals surface area contributed by atoms with Crippen LogP contribution in [0.4, 0.5) is 17.6 Å². The lowest BCUT2D eigenvalue weighted by Crippen LogP contribution is -2.30. The number of nitrogens with one attached hydrogen (secondary N) is 2. The molecule has 0 amide bonds. The molecule has 0 aliphatic carbocycles. The highest BCUT2D eigenvalue weighted by Gasteiger charge is 2.13. The molecule has 0 bridgehead atoms. The Hall–Kier alpha value is -1.60. The predicted octanol–water partition coefficient (Wildman–Crippen LogP) is -0.227. The number of hydrogen-bond acceptors (Lipinski definition) is 7. The van der Waals surface area contributed by atoms with Gasteiger partial charge in [0.15, 0.2) is 0 Å². The van der Waals surface area contributed by atoms with E-state index in [0.29, 0.717) is 11.6 Å². The third-order valence-electron chi connectivity index (χ3n) is 2.23. The largest absolute Gasteiger partial charge is 0.394 e. The molecule has 1 heterocycles. The van der Waals surface area contributed by atoms with Gasteiger partial charge in [0.2, 0.25) is 5.95 Å². The van der Waals surface area contributed by atoms with Gasteiger partial charge in [-0.2, -0.15) is 9.97 Å². The van der Waals surface area contributed by atoms with E-state index in [-0.39, 0.29) is 24.5 Å². The number of anilines is 3. The summed E-state index contributed by atoms with van der Waals surface area (Å²) in [6.07, 6.45) is 0. The third-order valence-corrected chi connectivity index (χ3v) is 2.23. The lowest BCUT2D eigenvalue weighted by molar-refractivity contribution is 0.249. The zero-order valence-electron chi connectivity index (χ0n) is 9.44. The molecular weight excluding hydrogens is 208 g/mol. The quantitative estimate of drug-likeness (QED) is 0.347. The van der Waals surface area contributed by atoms with Crippen molar-refractivity contribution < 1.29 is 5.11 Å². The molecule has 0 saturated heterocycles. The van der Waals surface area contributed by atoms with Crippen LogP contribution < -0.4 is 22.3 Å². The number of aliphatic hydroxyl groups is 1. The molecule has 1 atom stereocenters. The highest BCUT2D eigenvalue weighted by atomic mass is 16.3. The molecule has 0 saturated carbocycles. The SMILES string of the molecule is CC(C)C(CO)Nc1cc(NN)nc(N)n1. The normalized spacial score (nSPS) is 12.6. The maximum absolute atomic E-state index is 9.18. The summed E-state index contributed by atoms with van der Waals surface area (Å²) in [6.45, 7) is 4.02. The zero-order chi connectivity index (χ0) is 12.1. The van der Waals surface area contributed by atoms with Crippen LogP contribution in [0.15, 0.2) is 6.07 Å². The molecule has 7 heteroatoms. The summed E-state index contributed by atoms with van der Waals surface area (Å²) in [4.78, 5) is 7.86. The summed E-state index contributed by atoms with van der Waals surface area (Å²) < 4.78 is 0. The molecule has 1 unspecified atom stereocenters. The molecule has 0 radical (unpaired) electrons. The molecule has 0 aliphatic rings. The summed E-state index contributed by atoms with van der Waals surface area (Å²) in [5, 5.41) is 12.2. The molecule has 0 fully saturated rings. The molecule has 0 aliphatic heterocycles. The monoisotopic (exact) mass is 226 g/mol. The Morgan fingerprint density at radius 2 is 2.00 bits per heavy atom. The van der Waals surface area contributed by atoms with Crippen LogP contribution >= 0.6 is 0 Å². The van der Waals surface area contributed by atoms with E-state index in [9.17, 15) is 5.11 Å². The van der Waals surface area contributed by atoms with Crippen LogP contribution in [-0.2, 0) is 0 Å². The third kappa shape index (κ3) is 3.21. The zero-order valence-corrected chi connectivity index (χ0v) is 9.44. The van der Waals surface area contributed by atoms with Gasteiger partial charge in [-0.25, -0.2) is 5.84 Å². The van der Waals surface area contributed by atoms with E-state index in [1.165, 1.54) is 0 Å². The average molecular weight is 226 g/mol. The number of hydrazine groups is 1. The molecule has 7 N–H and O–H groups in total. The Balaban J connectivity index is 2.83. The fraction of sp³-hybridized carbons (Fsp3) is 0.556. The smallest absolute Gasteiger partial charge is 0.223 e. The molecule has 0 spiro atoms. The summed E-state index contributed by atoms with van der Waals surface area (Å²) in [7, 11) is 0. The first-order valence-corrected chi connectivity index (χ1v) is 5.05. The van der Waals surface area contributed by atoms with Crippen molar-refractivity contribution in [3.63, 3.8) is 0 Å². The number of rotatable bonds is 5. The van der Waals surface area contributed by atoms with E-state index in [1.54, 1.807) is 6.07 Å². The van der Waals surface area contributed by atoms with Crippen LogP contribution in [0.2, 0.25) is 0 Å². The Morgan fingerprint density at radius 3 is 2.50 bits per heavy atom. The van der Waals surface area contributed by atoms with Crippen molar-refractivity contribution >= 4 is 17.6 Å². The van der Waals surface area contributed by atoms with Crippen LogP contribution in [0.1, 0.15) is 13.8 Å². The molecule has 90 valence electrons. The number of aliphatic hydroxyl groups excluding tert-OH is 1. The Kier molecular flexibility index (Phi) is 4.27. The van der Waals surface area contributed by atoms with Gasteiger partial charge in [-0.1, -0.05) is 13.8 Å². The summed E-state index contributed by atoms with van der Waals surface area (Å²) in [5.41, 5.74) is 7.90. The molecule has 0 aromatic carbocycles. The van der Waals surface area contributed by atoms with E-state index in [1.807, 2.05) is 13.8 Å². The van der Waals surface area contributed by atoms with Crippen molar-refractivity contribution in [1.82, 2.24) is 9.97 Å². The summed E-state index contributed by atoms with van der Waals surface area (Å²) in [6, 6.07) is 1.54. The van der Waals surface area contributed by atoms with Gasteiger partial charge in [0.1, 0.15) is 11.6 Å². The highest BCUT2D eigenvalue weighted by molar-refractivity contribution is 5.50. The van der Waals surface area contributed by atoms with E-state index in [2.05, 4.69) is 20.7 Å². The van der Waals surface area contributed by atoms with Crippen LogP contribution in [0.25, 0.3) is 0 Å². The van der Waals surface area contributed by atoms with E-state index in [0.717, 1.165) is 0 Å². The van der Waals surface area contributed by atoms with E-state index >= 15 is 0 Å². The van der Waals surface area contributed by atoms with Crippen LogP contribution in [-0.4, -0.2) is 27.7 Å². The predicted molar refractivity (Wildman–Crippen MR) is 63.6 cm³/mol. The van der Waals surface area contributed by atoms with Gasteiger partial charge in [-0.3, -0.25) is 0 Å². The Morgan fingerprint density at radius 1 is 1.38 bits per heavy atom. The van der Waals surface area contributed by atoms with Gasteiger partial charge in [-0.15, -0.1) is 0 Å². The van der Waals surface area contributed by atoms with Crippen LogP contribution in [0.3, 0.4) is 0 Å². The Bertz CT molecular complexity index is 343. The minimum atomic E-state index is -0.0834. The topological polar surface area (TPSA) is 122 Å². The minimum Gasteiger partial charge on any atom is -0.394 e. The van der Waals surface area contributed by atoms with Crippen molar-refractivity contribution in [3.05, 3.63) is 6.07 Å². The van der Waals surface area contributed by atoms with Gasteiger partial charge in [0.05, 0.1) is 12.6 Å². The number of nitrogens with two attached hydrogens (primary N) is 2. The lowest BCUT2D eigenvalue weighted by atomic mass is 10.1. The second-order valence-corrected chi connectivity index (χ2v) is 3.82. The maximum atomic E-state index is 9.18. The van der Waals surface area contributed by atoms with Gasteiger partial charge in [0.25, 0.3) is 0 Å². The number of nitrogen functional groups attached to an aromatic ring is 2. The first-order valence-electron chi connectivity index (χ1n) is 5.05. The average Bonchev–Trinajstić information content (AvgIpc) is 2.24. The second-order valence-electron chi connectivity index (χ2n) is 3.82. The van der Waals surface area contributed by atoms with Crippen molar-refractivity contribution in [3.8, 4) is 0 Å². The van der Waals surface area contributed by atoms with Gasteiger partial charge in [0, 0.05) is 6.07 Å². The molecule has 7 nitrogen and oxygen atoms in total. The molecule has 16 heavy (non-hydrogen) atoms. The highest BCUT2D eigenvalue weighted by Crippen LogP contribution is 2.14. The first-order chi connectivity index (χ1) is 7.56. The van der Waals surface area contributed by atoms with Gasteiger partial charge >= 0.3 is 0 Å². The Labute approximate surface area is 94.2 Å². The molecule has 1 aromatic heterocycles.